The lowest BCUT2D eigenvalue weighted by molar-refractivity contribution is 0.581. The number of anilines is 1. The largest absolute Gasteiger partial charge is 0.368 e. The number of fused-ring (bicyclic) bond motifs is 1. The molecule has 1 heterocycles. The number of hydrogen-bond donors (Lipinski definition) is 1. The fraction of sp³-hybridized carbons (Fsp3) is 0.263. The van der Waals surface area contributed by atoms with Gasteiger partial charge in [-0.25, -0.2) is 9.97 Å². The first kappa shape index (κ1) is 17.2. The molecule has 0 amide bonds. The fourth-order valence-electron chi connectivity index (χ4n) is 2.67. The maximum Gasteiger partial charge on any atom is 0.220 e. The Kier molecular flexibility index (Phi) is 5.56. The SMILES string of the molecule is CC(C)CCc1cc(-c2cccc3ccccc23)nc(N)n1.Cl. The fourth-order valence-corrected chi connectivity index (χ4v) is 2.67. The van der Waals surface area contributed by atoms with Gasteiger partial charge in [0, 0.05) is 11.3 Å². The van der Waals surface area contributed by atoms with Crippen LogP contribution in [0.25, 0.3) is 22.0 Å². The minimum absolute atomic E-state index is 0. The zero-order valence-corrected chi connectivity index (χ0v) is 14.3. The van der Waals surface area contributed by atoms with Crippen LogP contribution in [0.15, 0.2) is 48.5 Å². The van der Waals surface area contributed by atoms with Gasteiger partial charge in [0.05, 0.1) is 5.69 Å². The first-order valence-electron chi connectivity index (χ1n) is 7.75. The van der Waals surface area contributed by atoms with Crippen LogP contribution >= 0.6 is 12.4 Å². The molecule has 0 atom stereocenters. The molecule has 0 saturated heterocycles. The van der Waals surface area contributed by atoms with E-state index in [2.05, 4.69) is 72.3 Å². The van der Waals surface area contributed by atoms with Gasteiger partial charge in [-0.15, -0.1) is 12.4 Å². The molecule has 0 aliphatic carbocycles. The first-order chi connectivity index (χ1) is 10.6. The molecular weight excluding hydrogens is 306 g/mol. The molecule has 4 heteroatoms. The number of benzene rings is 2. The molecular formula is C19H22ClN3. The van der Waals surface area contributed by atoms with E-state index in [4.69, 9.17) is 5.73 Å². The summed E-state index contributed by atoms with van der Waals surface area (Å²) >= 11 is 0. The second-order valence-corrected chi connectivity index (χ2v) is 6.06. The van der Waals surface area contributed by atoms with Gasteiger partial charge in [0.1, 0.15) is 0 Å². The van der Waals surface area contributed by atoms with Crippen molar-refractivity contribution in [3.05, 3.63) is 54.2 Å². The molecule has 2 aromatic carbocycles. The van der Waals surface area contributed by atoms with Gasteiger partial charge in [0.25, 0.3) is 0 Å². The van der Waals surface area contributed by atoms with E-state index in [-0.39, 0.29) is 12.4 Å². The van der Waals surface area contributed by atoms with Crippen LogP contribution in [-0.2, 0) is 6.42 Å². The zero-order valence-electron chi connectivity index (χ0n) is 13.5. The maximum absolute atomic E-state index is 5.92. The molecule has 1 aromatic heterocycles. The summed E-state index contributed by atoms with van der Waals surface area (Å²) in [6, 6.07) is 16.7. The molecule has 3 nitrogen and oxygen atoms in total. The maximum atomic E-state index is 5.92. The highest BCUT2D eigenvalue weighted by Crippen LogP contribution is 2.28. The van der Waals surface area contributed by atoms with Crippen LogP contribution in [0, 0.1) is 5.92 Å². The lowest BCUT2D eigenvalue weighted by Crippen LogP contribution is -2.02. The van der Waals surface area contributed by atoms with Gasteiger partial charge >= 0.3 is 0 Å². The molecule has 0 unspecified atom stereocenters. The summed E-state index contributed by atoms with van der Waals surface area (Å²) in [6.07, 6.45) is 2.04. The van der Waals surface area contributed by atoms with Gasteiger partial charge in [-0.1, -0.05) is 56.3 Å². The minimum atomic E-state index is 0. The van der Waals surface area contributed by atoms with Crippen LogP contribution in [0.5, 0.6) is 0 Å². The number of aryl methyl sites for hydroxylation is 1. The van der Waals surface area contributed by atoms with E-state index in [1.165, 1.54) is 10.8 Å². The number of halogens is 1. The van der Waals surface area contributed by atoms with E-state index in [0.717, 1.165) is 29.8 Å². The zero-order chi connectivity index (χ0) is 15.5. The normalized spacial score (nSPS) is 10.7. The van der Waals surface area contributed by atoms with Crippen molar-refractivity contribution < 1.29 is 0 Å². The van der Waals surface area contributed by atoms with Crippen molar-refractivity contribution in [2.45, 2.75) is 26.7 Å². The van der Waals surface area contributed by atoms with Crippen LogP contribution in [0.3, 0.4) is 0 Å². The predicted octanol–water partition coefficient (Wildman–Crippen LogP) is 4.89. The van der Waals surface area contributed by atoms with E-state index >= 15 is 0 Å². The van der Waals surface area contributed by atoms with Gasteiger partial charge in [0.2, 0.25) is 5.95 Å². The van der Waals surface area contributed by atoms with Crippen molar-refractivity contribution >= 4 is 29.1 Å². The molecule has 2 N–H and O–H groups in total. The molecule has 0 fully saturated rings. The highest BCUT2D eigenvalue weighted by Gasteiger charge is 2.09. The standard InChI is InChI=1S/C19H21N3.ClH/c1-13(2)10-11-15-12-18(22-19(20)21-15)17-9-5-7-14-6-3-4-8-16(14)17;/h3-9,12-13H,10-11H2,1-2H3,(H2,20,21,22);1H. The average Bonchev–Trinajstić information content (AvgIpc) is 2.52. The molecule has 0 aliphatic heterocycles. The molecule has 23 heavy (non-hydrogen) atoms. The summed E-state index contributed by atoms with van der Waals surface area (Å²) < 4.78 is 0. The summed E-state index contributed by atoms with van der Waals surface area (Å²) in [5, 5.41) is 2.40. The number of hydrogen-bond acceptors (Lipinski definition) is 3. The Morgan fingerprint density at radius 1 is 1.00 bits per heavy atom. The number of nitrogens with zero attached hydrogens (tertiary/aromatic N) is 2. The quantitative estimate of drug-likeness (QED) is 0.742. The number of aromatic nitrogens is 2. The summed E-state index contributed by atoms with van der Waals surface area (Å²) in [4.78, 5) is 8.83. The highest BCUT2D eigenvalue weighted by atomic mass is 35.5. The second-order valence-electron chi connectivity index (χ2n) is 6.06. The third-order valence-electron chi connectivity index (χ3n) is 3.84. The Balaban J connectivity index is 0.00000192. The van der Waals surface area contributed by atoms with E-state index in [9.17, 15) is 0 Å². The lowest BCUT2D eigenvalue weighted by atomic mass is 10.0. The van der Waals surface area contributed by atoms with Gasteiger partial charge in [-0.05, 0) is 35.6 Å². The van der Waals surface area contributed by atoms with Gasteiger partial charge < -0.3 is 5.73 Å². The number of rotatable bonds is 4. The Hall–Kier alpha value is -2.13. The third-order valence-corrected chi connectivity index (χ3v) is 3.84. The van der Waals surface area contributed by atoms with Crippen LogP contribution in [-0.4, -0.2) is 9.97 Å². The van der Waals surface area contributed by atoms with Crippen LogP contribution < -0.4 is 5.73 Å². The molecule has 3 rings (SSSR count). The summed E-state index contributed by atoms with van der Waals surface area (Å²) in [7, 11) is 0. The van der Waals surface area contributed by atoms with E-state index in [0.29, 0.717) is 11.9 Å². The van der Waals surface area contributed by atoms with Crippen molar-refractivity contribution in [2.24, 2.45) is 5.92 Å². The Labute approximate surface area is 143 Å². The topological polar surface area (TPSA) is 51.8 Å². The Bertz CT molecular complexity index is 794. The van der Waals surface area contributed by atoms with Gasteiger partial charge in [0.15, 0.2) is 0 Å². The molecule has 0 aliphatic rings. The molecule has 0 radical (unpaired) electrons. The molecule has 0 bridgehead atoms. The van der Waals surface area contributed by atoms with Crippen LogP contribution in [0.2, 0.25) is 0 Å². The Morgan fingerprint density at radius 3 is 2.52 bits per heavy atom. The van der Waals surface area contributed by atoms with Crippen LogP contribution in [0.4, 0.5) is 5.95 Å². The van der Waals surface area contributed by atoms with Crippen molar-refractivity contribution in [2.75, 3.05) is 5.73 Å². The predicted molar refractivity (Wildman–Crippen MR) is 99.8 cm³/mol. The van der Waals surface area contributed by atoms with Gasteiger partial charge in [-0.2, -0.15) is 0 Å². The summed E-state index contributed by atoms with van der Waals surface area (Å²) in [5.41, 5.74) is 8.96. The number of nitrogen functional groups attached to an aromatic ring is 1. The lowest BCUT2D eigenvalue weighted by Gasteiger charge is -2.09. The third kappa shape index (κ3) is 3.99. The Morgan fingerprint density at radius 2 is 1.74 bits per heavy atom. The first-order valence-corrected chi connectivity index (χ1v) is 7.75. The van der Waals surface area contributed by atoms with E-state index in [1.807, 2.05) is 0 Å². The van der Waals surface area contributed by atoms with Crippen molar-refractivity contribution in [3.8, 4) is 11.3 Å². The van der Waals surface area contributed by atoms with Crippen LogP contribution in [0.1, 0.15) is 26.0 Å². The minimum Gasteiger partial charge on any atom is -0.368 e. The highest BCUT2D eigenvalue weighted by molar-refractivity contribution is 5.95. The molecule has 3 aromatic rings. The smallest absolute Gasteiger partial charge is 0.220 e. The molecule has 120 valence electrons. The second kappa shape index (κ2) is 7.42. The summed E-state index contributed by atoms with van der Waals surface area (Å²) in [5.74, 6) is 1.00. The van der Waals surface area contributed by atoms with Crippen molar-refractivity contribution in [3.63, 3.8) is 0 Å². The molecule has 0 spiro atoms. The number of nitrogens with two attached hydrogens (primary N) is 1. The van der Waals surface area contributed by atoms with Crippen molar-refractivity contribution in [1.29, 1.82) is 0 Å². The van der Waals surface area contributed by atoms with E-state index < -0.39 is 0 Å². The summed E-state index contributed by atoms with van der Waals surface area (Å²) in [6.45, 7) is 4.44. The van der Waals surface area contributed by atoms with E-state index in [1.54, 1.807) is 0 Å². The van der Waals surface area contributed by atoms with Crippen molar-refractivity contribution in [1.82, 2.24) is 9.97 Å². The molecule has 0 saturated carbocycles. The monoisotopic (exact) mass is 327 g/mol. The van der Waals surface area contributed by atoms with Gasteiger partial charge in [-0.3, -0.25) is 0 Å². The average molecular weight is 328 g/mol.